The molecule has 0 saturated carbocycles. The van der Waals surface area contributed by atoms with Crippen LogP contribution in [0.5, 0.6) is 0 Å². The molecule has 0 aliphatic carbocycles. The third-order valence-corrected chi connectivity index (χ3v) is 18.6. The minimum atomic E-state index is -4.99. The maximum Gasteiger partial charge on any atom is 0.472 e. The number of hydrogen-bond donors (Lipinski definition) is 3. The van der Waals surface area contributed by atoms with Gasteiger partial charge in [-0.1, -0.05) is 291 Å². The van der Waals surface area contributed by atoms with Crippen LogP contribution in [0.25, 0.3) is 0 Å². The number of hydrogen-bond acceptors (Lipinski definition) is 15. The van der Waals surface area contributed by atoms with Gasteiger partial charge in [-0.25, -0.2) is 9.13 Å². The standard InChI is InChI=1S/C83H144O17P2/c1-5-9-13-17-21-25-29-33-37-38-42-44-48-52-56-60-64-68-81(86)94-74-79(100-83(88)70-66-62-58-54-50-46-41-36-32-28-24-20-16-12-8-4)76-98-102(91,92)96-72-77(84)71-95-101(89,90)97-75-78(99-82(87)69-65-61-57-53-49-45-40-35-31-27-23-19-15-11-7-3)73-93-80(85)67-63-59-55-51-47-43-39-34-30-26-22-18-14-10-6-2/h9-10,13-14,21-23,25-27,33-35,37,39-40,47,51,77-79,84H,5-8,11-12,15-20,24,28-32,36,38,41-46,48-50,52-76H2,1-4H3,(H,89,90)(H,91,92)/b13-9-,14-10-,25-21-,26-22-,27-23-,37-33-,39-34-,40-35-,51-47-. The molecule has 0 spiro atoms. The first-order valence-corrected chi connectivity index (χ1v) is 43.1. The Balaban J connectivity index is 5.39. The average molecular weight is 1480 g/mol. The van der Waals surface area contributed by atoms with Crippen LogP contribution < -0.4 is 0 Å². The van der Waals surface area contributed by atoms with Crippen molar-refractivity contribution in [3.05, 3.63) is 109 Å². The summed E-state index contributed by atoms with van der Waals surface area (Å²) < 4.78 is 68.6. The summed E-state index contributed by atoms with van der Waals surface area (Å²) >= 11 is 0. The first-order valence-electron chi connectivity index (χ1n) is 40.1. The van der Waals surface area contributed by atoms with Gasteiger partial charge in [0.2, 0.25) is 0 Å². The average Bonchev–Trinajstić information content (AvgIpc) is 0.926. The van der Waals surface area contributed by atoms with Crippen molar-refractivity contribution >= 4 is 39.5 Å². The van der Waals surface area contributed by atoms with Gasteiger partial charge in [-0.15, -0.1) is 0 Å². The van der Waals surface area contributed by atoms with Crippen LogP contribution in [0.3, 0.4) is 0 Å². The van der Waals surface area contributed by atoms with Crippen molar-refractivity contribution in [1.29, 1.82) is 0 Å². The van der Waals surface area contributed by atoms with Crippen LogP contribution in [0.4, 0.5) is 0 Å². The van der Waals surface area contributed by atoms with E-state index in [9.17, 15) is 43.2 Å². The van der Waals surface area contributed by atoms with Crippen LogP contribution >= 0.6 is 15.6 Å². The fraction of sp³-hybridized carbons (Fsp3) is 0.735. The number of ether oxygens (including phenoxy) is 4. The number of aliphatic hydroxyl groups excluding tert-OH is 1. The third-order valence-electron chi connectivity index (χ3n) is 16.7. The zero-order valence-corrected chi connectivity index (χ0v) is 66.0. The number of allylic oxidation sites excluding steroid dienone is 18. The Labute approximate surface area is 619 Å². The van der Waals surface area contributed by atoms with Gasteiger partial charge in [0.25, 0.3) is 0 Å². The highest BCUT2D eigenvalue weighted by molar-refractivity contribution is 7.47. The van der Waals surface area contributed by atoms with Crippen LogP contribution in [0.15, 0.2) is 109 Å². The molecule has 0 rings (SSSR count). The van der Waals surface area contributed by atoms with Crippen LogP contribution in [-0.4, -0.2) is 96.7 Å². The quantitative estimate of drug-likeness (QED) is 0.0169. The third kappa shape index (κ3) is 74.0. The van der Waals surface area contributed by atoms with Crippen molar-refractivity contribution < 1.29 is 80.2 Å². The van der Waals surface area contributed by atoms with Crippen molar-refractivity contribution in [2.24, 2.45) is 0 Å². The molecule has 0 aromatic rings. The molecule has 0 aromatic carbocycles. The molecule has 588 valence electrons. The highest BCUT2D eigenvalue weighted by atomic mass is 31.2. The number of rotatable bonds is 75. The predicted octanol–water partition coefficient (Wildman–Crippen LogP) is 23.3. The Morgan fingerprint density at radius 1 is 0.284 bits per heavy atom. The van der Waals surface area contributed by atoms with Gasteiger partial charge in [0.1, 0.15) is 19.3 Å². The normalized spacial score (nSPS) is 14.5. The number of aliphatic hydroxyl groups is 1. The Bertz CT molecular complexity index is 2360. The fourth-order valence-electron chi connectivity index (χ4n) is 10.7. The van der Waals surface area contributed by atoms with E-state index in [1.54, 1.807) is 0 Å². The van der Waals surface area contributed by atoms with Crippen LogP contribution in [0, 0.1) is 0 Å². The number of phosphoric acid groups is 2. The highest BCUT2D eigenvalue weighted by Crippen LogP contribution is 2.45. The summed E-state index contributed by atoms with van der Waals surface area (Å²) in [6.07, 6.45) is 80.6. The van der Waals surface area contributed by atoms with Gasteiger partial charge in [-0.2, -0.15) is 0 Å². The smallest absolute Gasteiger partial charge is 0.462 e. The van der Waals surface area contributed by atoms with Gasteiger partial charge in [-0.3, -0.25) is 37.3 Å². The van der Waals surface area contributed by atoms with Crippen LogP contribution in [0.1, 0.15) is 336 Å². The predicted molar refractivity (Wildman–Crippen MR) is 418 cm³/mol. The lowest BCUT2D eigenvalue weighted by atomic mass is 10.0. The second kappa shape index (κ2) is 75.0. The molecular weight excluding hydrogens is 1330 g/mol. The first-order chi connectivity index (χ1) is 49.7. The van der Waals surface area contributed by atoms with Crippen molar-refractivity contribution in [3.8, 4) is 0 Å². The monoisotopic (exact) mass is 1470 g/mol. The molecule has 0 aliphatic rings. The Kier molecular flexibility index (Phi) is 71.8. The second-order valence-corrected chi connectivity index (χ2v) is 29.5. The molecule has 0 heterocycles. The van der Waals surface area contributed by atoms with Crippen molar-refractivity contribution in [3.63, 3.8) is 0 Å². The van der Waals surface area contributed by atoms with E-state index in [-0.39, 0.29) is 25.7 Å². The summed E-state index contributed by atoms with van der Waals surface area (Å²) in [7, 11) is -9.97. The largest absolute Gasteiger partial charge is 0.472 e. The summed E-state index contributed by atoms with van der Waals surface area (Å²) in [5.41, 5.74) is 0. The number of unbranched alkanes of at least 4 members (excludes halogenated alkanes) is 31. The van der Waals surface area contributed by atoms with E-state index in [0.717, 1.165) is 173 Å². The minimum Gasteiger partial charge on any atom is -0.462 e. The van der Waals surface area contributed by atoms with E-state index < -0.39 is 97.5 Å². The summed E-state index contributed by atoms with van der Waals surface area (Å²) in [5, 5.41) is 10.6. The number of esters is 4. The molecule has 5 unspecified atom stereocenters. The van der Waals surface area contributed by atoms with Crippen molar-refractivity contribution in [1.82, 2.24) is 0 Å². The van der Waals surface area contributed by atoms with Gasteiger partial charge in [0, 0.05) is 25.7 Å². The van der Waals surface area contributed by atoms with Gasteiger partial charge >= 0.3 is 39.5 Å². The Hall–Kier alpha value is -4.28. The molecule has 102 heavy (non-hydrogen) atoms. The van der Waals surface area contributed by atoms with Gasteiger partial charge < -0.3 is 33.8 Å². The molecule has 0 amide bonds. The van der Waals surface area contributed by atoms with Gasteiger partial charge in [0.15, 0.2) is 12.2 Å². The van der Waals surface area contributed by atoms with E-state index >= 15 is 0 Å². The van der Waals surface area contributed by atoms with Crippen LogP contribution in [0.2, 0.25) is 0 Å². The van der Waals surface area contributed by atoms with E-state index in [1.807, 2.05) is 0 Å². The van der Waals surface area contributed by atoms with Gasteiger partial charge in [-0.05, 0) is 128 Å². The number of phosphoric ester groups is 2. The lowest BCUT2D eigenvalue weighted by molar-refractivity contribution is -0.161. The lowest BCUT2D eigenvalue weighted by Crippen LogP contribution is -2.30. The van der Waals surface area contributed by atoms with Crippen LogP contribution in [-0.2, 0) is 65.4 Å². The summed E-state index contributed by atoms with van der Waals surface area (Å²) in [6.45, 7) is 4.59. The number of carbonyl (C=O) groups excluding carboxylic acids is 4. The number of carbonyl (C=O) groups is 4. The van der Waals surface area contributed by atoms with E-state index in [4.69, 9.17) is 37.0 Å². The SMILES string of the molecule is CC/C=C\C/C=C\C/C=C\C/C=C\CCCCC(=O)OCC(COP(=O)(O)OCC(O)COP(=O)(O)OCC(COC(=O)CCCCCCCCC/C=C\C/C=C\C/C=C\CC)OC(=O)CCCCCCCCCCCCCCCCC)OC(=O)CCCCCCC/C=C\C/C=C\CCCCC. The zero-order valence-electron chi connectivity index (χ0n) is 64.3. The molecule has 3 N–H and O–H groups in total. The molecule has 0 bridgehead atoms. The highest BCUT2D eigenvalue weighted by Gasteiger charge is 2.30. The molecule has 19 heteroatoms. The Morgan fingerprint density at radius 3 is 0.824 bits per heavy atom. The lowest BCUT2D eigenvalue weighted by Gasteiger charge is -2.21. The van der Waals surface area contributed by atoms with Crippen molar-refractivity contribution in [2.75, 3.05) is 39.6 Å². The molecule has 0 saturated heterocycles. The van der Waals surface area contributed by atoms with E-state index in [2.05, 4.69) is 137 Å². The topological polar surface area (TPSA) is 237 Å². The molecule has 0 fully saturated rings. The Morgan fingerprint density at radius 2 is 0.510 bits per heavy atom. The summed E-state index contributed by atoms with van der Waals surface area (Å²) in [4.78, 5) is 73.0. The maximum absolute atomic E-state index is 13.1. The molecule has 0 radical (unpaired) electrons. The zero-order chi connectivity index (χ0) is 74.6. The first kappa shape index (κ1) is 97.7. The molecule has 17 nitrogen and oxygen atoms in total. The molecule has 0 aliphatic heterocycles. The fourth-order valence-corrected chi connectivity index (χ4v) is 12.2. The summed E-state index contributed by atoms with van der Waals surface area (Å²) in [6, 6.07) is 0. The minimum absolute atomic E-state index is 0.0692. The molecule has 5 atom stereocenters. The van der Waals surface area contributed by atoms with Crippen molar-refractivity contribution in [2.45, 2.75) is 354 Å². The molecular formula is C83H144O17P2. The van der Waals surface area contributed by atoms with Gasteiger partial charge in [0.05, 0.1) is 26.4 Å². The van der Waals surface area contributed by atoms with E-state index in [1.165, 1.54) is 83.5 Å². The van der Waals surface area contributed by atoms with E-state index in [0.29, 0.717) is 25.7 Å². The maximum atomic E-state index is 13.1. The molecule has 0 aromatic heterocycles. The second-order valence-electron chi connectivity index (χ2n) is 26.6. The summed E-state index contributed by atoms with van der Waals surface area (Å²) in [5.74, 6) is -2.23.